The largest absolute Gasteiger partial charge is 0.320 e. The van der Waals surface area contributed by atoms with E-state index >= 15 is 0 Å². The maximum absolute atomic E-state index is 3.18. The lowest BCUT2D eigenvalue weighted by Crippen LogP contribution is -2.08. The fraction of sp³-hybridized carbons (Fsp3) is 0.500. The van der Waals surface area contributed by atoms with E-state index in [1.165, 1.54) is 24.0 Å². The monoisotopic (exact) mass is 177 g/mol. The Balaban J connectivity index is 2.54. The summed E-state index contributed by atoms with van der Waals surface area (Å²) in [5.41, 5.74) is 3.01. The van der Waals surface area contributed by atoms with Crippen molar-refractivity contribution in [2.24, 2.45) is 0 Å². The first kappa shape index (κ1) is 10.3. The number of benzene rings is 1. The Kier molecular flexibility index (Phi) is 4.55. The van der Waals surface area contributed by atoms with Crippen LogP contribution in [-0.2, 0) is 12.8 Å². The molecule has 0 unspecified atom stereocenters. The van der Waals surface area contributed by atoms with Crippen LogP contribution in [0.2, 0.25) is 0 Å². The first-order valence-electron chi connectivity index (χ1n) is 5.10. The van der Waals surface area contributed by atoms with Crippen molar-refractivity contribution in [3.8, 4) is 0 Å². The highest BCUT2D eigenvalue weighted by Crippen LogP contribution is 2.11. The van der Waals surface area contributed by atoms with E-state index in [0.717, 1.165) is 13.0 Å². The second-order valence-corrected chi connectivity index (χ2v) is 3.33. The number of hydrogen-bond donors (Lipinski definition) is 1. The van der Waals surface area contributed by atoms with Crippen molar-refractivity contribution in [2.45, 2.75) is 26.2 Å². The van der Waals surface area contributed by atoms with Crippen LogP contribution in [0.4, 0.5) is 0 Å². The highest BCUT2D eigenvalue weighted by Gasteiger charge is 1.98. The minimum Gasteiger partial charge on any atom is -0.320 e. The van der Waals surface area contributed by atoms with E-state index in [1.807, 2.05) is 7.05 Å². The van der Waals surface area contributed by atoms with E-state index in [0.29, 0.717) is 0 Å². The standard InChI is InChI=1S/C12H19N/c1-3-11-7-4-5-8-12(11)9-6-10-13-2/h4-5,7-8,13H,3,6,9-10H2,1-2H3. The summed E-state index contributed by atoms with van der Waals surface area (Å²) < 4.78 is 0. The second kappa shape index (κ2) is 5.76. The predicted octanol–water partition coefficient (Wildman–Crippen LogP) is 2.40. The van der Waals surface area contributed by atoms with Gasteiger partial charge in [0.05, 0.1) is 0 Å². The molecule has 0 aromatic heterocycles. The van der Waals surface area contributed by atoms with Gasteiger partial charge >= 0.3 is 0 Å². The van der Waals surface area contributed by atoms with Gasteiger partial charge in [-0.25, -0.2) is 0 Å². The molecule has 0 saturated heterocycles. The van der Waals surface area contributed by atoms with Crippen molar-refractivity contribution in [3.63, 3.8) is 0 Å². The van der Waals surface area contributed by atoms with Gasteiger partial charge in [0.2, 0.25) is 0 Å². The summed E-state index contributed by atoms with van der Waals surface area (Å²) in [7, 11) is 2.01. The molecule has 1 heteroatoms. The predicted molar refractivity (Wildman–Crippen MR) is 58.1 cm³/mol. The van der Waals surface area contributed by atoms with Gasteiger partial charge in [-0.1, -0.05) is 31.2 Å². The fourth-order valence-corrected chi connectivity index (χ4v) is 1.60. The molecule has 1 N–H and O–H groups in total. The molecule has 0 radical (unpaired) electrons. The smallest absolute Gasteiger partial charge is 0.00488 e. The summed E-state index contributed by atoms with van der Waals surface area (Å²) >= 11 is 0. The average molecular weight is 177 g/mol. The van der Waals surface area contributed by atoms with Gasteiger partial charge in [-0.3, -0.25) is 0 Å². The van der Waals surface area contributed by atoms with Crippen LogP contribution < -0.4 is 5.32 Å². The number of nitrogens with one attached hydrogen (secondary N) is 1. The third kappa shape index (κ3) is 3.19. The van der Waals surface area contributed by atoms with E-state index in [2.05, 4.69) is 36.5 Å². The van der Waals surface area contributed by atoms with Gasteiger partial charge in [0.15, 0.2) is 0 Å². The van der Waals surface area contributed by atoms with Crippen LogP contribution in [0.3, 0.4) is 0 Å². The summed E-state index contributed by atoms with van der Waals surface area (Å²) in [6.45, 7) is 3.33. The Morgan fingerprint density at radius 3 is 2.46 bits per heavy atom. The molecule has 0 amide bonds. The van der Waals surface area contributed by atoms with Gasteiger partial charge in [0, 0.05) is 0 Å². The molecular weight excluding hydrogens is 158 g/mol. The summed E-state index contributed by atoms with van der Waals surface area (Å²) in [6.07, 6.45) is 3.58. The first-order chi connectivity index (χ1) is 6.38. The molecule has 0 heterocycles. The molecule has 0 aliphatic rings. The summed E-state index contributed by atoms with van der Waals surface area (Å²) in [4.78, 5) is 0. The molecular formula is C12H19N. The van der Waals surface area contributed by atoms with E-state index in [9.17, 15) is 0 Å². The van der Waals surface area contributed by atoms with Crippen molar-refractivity contribution >= 4 is 0 Å². The minimum absolute atomic E-state index is 1.11. The van der Waals surface area contributed by atoms with Crippen LogP contribution in [0, 0.1) is 0 Å². The van der Waals surface area contributed by atoms with Gasteiger partial charge in [0.1, 0.15) is 0 Å². The highest BCUT2D eigenvalue weighted by atomic mass is 14.8. The molecule has 72 valence electrons. The molecule has 0 fully saturated rings. The van der Waals surface area contributed by atoms with Crippen molar-refractivity contribution in [1.82, 2.24) is 5.32 Å². The highest BCUT2D eigenvalue weighted by molar-refractivity contribution is 5.27. The molecule has 13 heavy (non-hydrogen) atoms. The lowest BCUT2D eigenvalue weighted by atomic mass is 10.0. The van der Waals surface area contributed by atoms with Gasteiger partial charge in [-0.2, -0.15) is 0 Å². The summed E-state index contributed by atoms with van der Waals surface area (Å²) in [6, 6.07) is 8.73. The third-order valence-corrected chi connectivity index (χ3v) is 2.37. The number of aryl methyl sites for hydroxylation is 2. The minimum atomic E-state index is 1.11. The van der Waals surface area contributed by atoms with Crippen LogP contribution in [0.15, 0.2) is 24.3 Å². The Morgan fingerprint density at radius 1 is 1.15 bits per heavy atom. The van der Waals surface area contributed by atoms with E-state index < -0.39 is 0 Å². The summed E-state index contributed by atoms with van der Waals surface area (Å²) in [5, 5.41) is 3.18. The Hall–Kier alpha value is -0.820. The quantitative estimate of drug-likeness (QED) is 0.681. The van der Waals surface area contributed by atoms with Crippen molar-refractivity contribution in [1.29, 1.82) is 0 Å². The van der Waals surface area contributed by atoms with Crippen molar-refractivity contribution in [3.05, 3.63) is 35.4 Å². The first-order valence-corrected chi connectivity index (χ1v) is 5.10. The van der Waals surface area contributed by atoms with Gasteiger partial charge < -0.3 is 5.32 Å². The molecule has 1 aromatic carbocycles. The van der Waals surface area contributed by atoms with Crippen LogP contribution in [0.25, 0.3) is 0 Å². The molecule has 0 spiro atoms. The van der Waals surface area contributed by atoms with Gasteiger partial charge in [-0.15, -0.1) is 0 Å². The molecule has 1 nitrogen and oxygen atoms in total. The Morgan fingerprint density at radius 2 is 1.85 bits per heavy atom. The Labute approximate surface area is 81.2 Å². The lowest BCUT2D eigenvalue weighted by Gasteiger charge is -2.06. The number of rotatable bonds is 5. The zero-order chi connectivity index (χ0) is 9.52. The molecule has 1 rings (SSSR count). The normalized spacial score (nSPS) is 10.3. The van der Waals surface area contributed by atoms with E-state index in [4.69, 9.17) is 0 Å². The maximum atomic E-state index is 3.18. The van der Waals surface area contributed by atoms with Crippen LogP contribution in [0.5, 0.6) is 0 Å². The lowest BCUT2D eigenvalue weighted by molar-refractivity contribution is 0.721. The zero-order valence-corrected chi connectivity index (χ0v) is 8.64. The Bertz CT molecular complexity index is 243. The van der Waals surface area contributed by atoms with E-state index in [1.54, 1.807) is 0 Å². The second-order valence-electron chi connectivity index (χ2n) is 3.33. The fourth-order valence-electron chi connectivity index (χ4n) is 1.60. The molecule has 0 saturated carbocycles. The van der Waals surface area contributed by atoms with Crippen LogP contribution in [-0.4, -0.2) is 13.6 Å². The topological polar surface area (TPSA) is 12.0 Å². The average Bonchev–Trinajstić information content (AvgIpc) is 2.19. The molecule has 1 aromatic rings. The van der Waals surface area contributed by atoms with E-state index in [-0.39, 0.29) is 0 Å². The molecule has 0 atom stereocenters. The zero-order valence-electron chi connectivity index (χ0n) is 8.64. The molecule has 0 aliphatic heterocycles. The van der Waals surface area contributed by atoms with Gasteiger partial charge in [0.25, 0.3) is 0 Å². The number of hydrogen-bond acceptors (Lipinski definition) is 1. The summed E-state index contributed by atoms with van der Waals surface area (Å²) in [5.74, 6) is 0. The van der Waals surface area contributed by atoms with Gasteiger partial charge in [-0.05, 0) is 44.0 Å². The third-order valence-electron chi connectivity index (χ3n) is 2.37. The molecule has 0 aliphatic carbocycles. The SMILES string of the molecule is CCc1ccccc1CCCNC. The van der Waals surface area contributed by atoms with Crippen LogP contribution in [0.1, 0.15) is 24.5 Å². The van der Waals surface area contributed by atoms with Crippen molar-refractivity contribution in [2.75, 3.05) is 13.6 Å². The maximum Gasteiger partial charge on any atom is -0.00488 e. The van der Waals surface area contributed by atoms with Crippen molar-refractivity contribution < 1.29 is 0 Å². The molecule has 0 bridgehead atoms. The van der Waals surface area contributed by atoms with Crippen LogP contribution >= 0.6 is 0 Å².